The van der Waals surface area contributed by atoms with E-state index in [9.17, 15) is 14.4 Å². The number of hydrogen-bond acceptors (Lipinski definition) is 4. The quantitative estimate of drug-likeness (QED) is 0.634. The number of nitrogens with zero attached hydrogens (tertiary/aromatic N) is 1. The molecule has 0 aromatic carbocycles. The molecule has 6 nitrogen and oxygen atoms in total. The normalized spacial score (nSPS) is 36.1. The zero-order valence-electron chi connectivity index (χ0n) is 11.4. The van der Waals surface area contributed by atoms with Crippen molar-refractivity contribution in [3.63, 3.8) is 0 Å². The fraction of sp³-hybridized carbons (Fsp3) is 0.769. The number of imide groups is 1. The lowest BCUT2D eigenvalue weighted by atomic mass is 9.77. The van der Waals surface area contributed by atoms with Crippen LogP contribution in [0.25, 0.3) is 0 Å². The molecule has 1 saturated carbocycles. The average molecular weight is 267 g/mol. The van der Waals surface area contributed by atoms with Crippen LogP contribution in [0, 0.1) is 11.8 Å². The van der Waals surface area contributed by atoms with Crippen molar-refractivity contribution >= 4 is 17.7 Å². The summed E-state index contributed by atoms with van der Waals surface area (Å²) in [5.74, 6) is -0.819. The predicted octanol–water partition coefficient (Wildman–Crippen LogP) is -0.377. The van der Waals surface area contributed by atoms with Crippen molar-refractivity contribution in [1.29, 1.82) is 0 Å². The lowest BCUT2D eigenvalue weighted by Gasteiger charge is -2.38. The van der Waals surface area contributed by atoms with E-state index in [2.05, 4.69) is 5.32 Å². The van der Waals surface area contributed by atoms with E-state index in [4.69, 9.17) is 5.73 Å². The predicted molar refractivity (Wildman–Crippen MR) is 68.8 cm³/mol. The number of nitrogens with one attached hydrogen (secondary N) is 1. The van der Waals surface area contributed by atoms with Crippen molar-refractivity contribution in [3.8, 4) is 0 Å². The van der Waals surface area contributed by atoms with Crippen LogP contribution in [0.4, 0.5) is 0 Å². The van der Waals surface area contributed by atoms with E-state index in [1.54, 1.807) is 6.92 Å². The molecule has 2 aliphatic rings. The molecule has 0 aromatic rings. The highest BCUT2D eigenvalue weighted by molar-refractivity contribution is 6.04. The molecular weight excluding hydrogens is 246 g/mol. The van der Waals surface area contributed by atoms with Gasteiger partial charge >= 0.3 is 0 Å². The third kappa shape index (κ3) is 2.78. The topological polar surface area (TPSA) is 92.5 Å². The van der Waals surface area contributed by atoms with E-state index in [0.717, 1.165) is 19.3 Å². The summed E-state index contributed by atoms with van der Waals surface area (Å²) in [6, 6.07) is -0.421. The van der Waals surface area contributed by atoms with Crippen molar-refractivity contribution in [1.82, 2.24) is 10.2 Å². The summed E-state index contributed by atoms with van der Waals surface area (Å²) in [4.78, 5) is 36.9. The zero-order valence-corrected chi connectivity index (χ0v) is 11.4. The Morgan fingerprint density at radius 2 is 2.00 bits per heavy atom. The fourth-order valence-electron chi connectivity index (χ4n) is 3.00. The molecule has 3 N–H and O–H groups in total. The van der Waals surface area contributed by atoms with E-state index in [1.165, 1.54) is 4.90 Å². The zero-order chi connectivity index (χ0) is 14.2. The van der Waals surface area contributed by atoms with E-state index < -0.39 is 17.9 Å². The largest absolute Gasteiger partial charge is 0.328 e. The molecule has 1 saturated heterocycles. The van der Waals surface area contributed by atoms with Gasteiger partial charge in [-0.2, -0.15) is 0 Å². The van der Waals surface area contributed by atoms with Crippen molar-refractivity contribution in [3.05, 3.63) is 0 Å². The lowest BCUT2D eigenvalue weighted by molar-refractivity contribution is -0.153. The average Bonchev–Trinajstić information content (AvgIpc) is 2.33. The molecular formula is C13H21N3O3. The minimum Gasteiger partial charge on any atom is -0.328 e. The van der Waals surface area contributed by atoms with Gasteiger partial charge in [0.25, 0.3) is 0 Å². The Kier molecular flexibility index (Phi) is 3.89. The molecule has 106 valence electrons. The first-order valence-electron chi connectivity index (χ1n) is 6.80. The first-order valence-corrected chi connectivity index (χ1v) is 6.80. The van der Waals surface area contributed by atoms with Gasteiger partial charge in [-0.05, 0) is 32.1 Å². The highest BCUT2D eigenvalue weighted by atomic mass is 16.2. The van der Waals surface area contributed by atoms with Crippen LogP contribution in [0.2, 0.25) is 0 Å². The number of piperazine rings is 1. The Morgan fingerprint density at radius 1 is 1.32 bits per heavy atom. The van der Waals surface area contributed by atoms with Crippen LogP contribution in [0.15, 0.2) is 0 Å². The third-order valence-corrected chi connectivity index (χ3v) is 4.23. The number of hydrogen-bond donors (Lipinski definition) is 2. The molecule has 2 fully saturated rings. The molecule has 2 rings (SSSR count). The van der Waals surface area contributed by atoms with E-state index in [-0.39, 0.29) is 30.3 Å². The van der Waals surface area contributed by atoms with Crippen LogP contribution < -0.4 is 11.1 Å². The maximum absolute atomic E-state index is 12.5. The summed E-state index contributed by atoms with van der Waals surface area (Å²) < 4.78 is 0. The van der Waals surface area contributed by atoms with E-state index in [0.29, 0.717) is 0 Å². The Bertz CT molecular complexity index is 410. The molecule has 1 heterocycles. The smallest absolute Gasteiger partial charge is 0.249 e. The molecule has 0 radical (unpaired) electrons. The third-order valence-electron chi connectivity index (χ3n) is 4.23. The van der Waals surface area contributed by atoms with Crippen LogP contribution in [0.1, 0.15) is 33.1 Å². The fourth-order valence-corrected chi connectivity index (χ4v) is 3.00. The second-order valence-corrected chi connectivity index (χ2v) is 5.71. The Labute approximate surface area is 112 Å². The molecule has 0 bridgehead atoms. The molecule has 4 unspecified atom stereocenters. The monoisotopic (exact) mass is 267 g/mol. The Morgan fingerprint density at radius 3 is 2.63 bits per heavy atom. The first-order chi connectivity index (χ1) is 8.90. The summed E-state index contributed by atoms with van der Waals surface area (Å²) in [5, 5.41) is 2.24. The Hall–Kier alpha value is -1.43. The summed E-state index contributed by atoms with van der Waals surface area (Å²) in [7, 11) is 0. The van der Waals surface area contributed by atoms with Gasteiger partial charge in [0, 0.05) is 12.0 Å². The summed E-state index contributed by atoms with van der Waals surface area (Å²) >= 11 is 0. The van der Waals surface area contributed by atoms with E-state index in [1.807, 2.05) is 6.92 Å². The van der Waals surface area contributed by atoms with Crippen molar-refractivity contribution < 1.29 is 14.4 Å². The molecule has 3 amide bonds. The van der Waals surface area contributed by atoms with Crippen molar-refractivity contribution in [2.45, 2.75) is 45.2 Å². The molecule has 0 aromatic heterocycles. The minimum atomic E-state index is -0.576. The van der Waals surface area contributed by atoms with Gasteiger partial charge in [-0.15, -0.1) is 0 Å². The van der Waals surface area contributed by atoms with Gasteiger partial charge in [-0.3, -0.25) is 19.7 Å². The van der Waals surface area contributed by atoms with Gasteiger partial charge in [-0.1, -0.05) is 6.92 Å². The number of amides is 3. The minimum absolute atomic E-state index is 0.0268. The standard InChI is InChI=1S/C13H21N3O3/c1-7-5-9(14)3-4-10(7)13(19)16-6-11(17)15-12(18)8(16)2/h7-10H,3-6,14H2,1-2H3,(H,15,17,18). The van der Waals surface area contributed by atoms with Gasteiger partial charge in [0.2, 0.25) is 17.7 Å². The van der Waals surface area contributed by atoms with Crippen molar-refractivity contribution in [2.24, 2.45) is 17.6 Å². The number of rotatable bonds is 1. The highest BCUT2D eigenvalue weighted by Gasteiger charge is 2.39. The van der Waals surface area contributed by atoms with Gasteiger partial charge in [0.1, 0.15) is 12.6 Å². The number of carbonyl (C=O) groups is 3. The summed E-state index contributed by atoms with van der Waals surface area (Å²) in [5.41, 5.74) is 5.89. The molecule has 1 aliphatic carbocycles. The number of nitrogens with two attached hydrogens (primary N) is 1. The van der Waals surface area contributed by atoms with Crippen LogP contribution in [0.3, 0.4) is 0 Å². The summed E-state index contributed by atoms with van der Waals surface area (Å²) in [6.07, 6.45) is 2.38. The molecule has 6 heteroatoms. The molecule has 0 spiro atoms. The van der Waals surface area contributed by atoms with Gasteiger partial charge in [0.05, 0.1) is 0 Å². The van der Waals surface area contributed by atoms with Gasteiger partial charge < -0.3 is 10.6 Å². The summed E-state index contributed by atoms with van der Waals surface area (Å²) in [6.45, 7) is 3.64. The molecule has 19 heavy (non-hydrogen) atoms. The maximum Gasteiger partial charge on any atom is 0.249 e. The van der Waals surface area contributed by atoms with Crippen LogP contribution in [-0.2, 0) is 14.4 Å². The molecule has 1 aliphatic heterocycles. The lowest BCUT2D eigenvalue weighted by Crippen LogP contribution is -2.60. The van der Waals surface area contributed by atoms with Gasteiger partial charge in [-0.25, -0.2) is 0 Å². The van der Waals surface area contributed by atoms with Crippen LogP contribution in [-0.4, -0.2) is 41.2 Å². The first kappa shape index (κ1) is 14.0. The van der Waals surface area contributed by atoms with Crippen molar-refractivity contribution in [2.75, 3.05) is 6.54 Å². The van der Waals surface area contributed by atoms with Gasteiger partial charge in [0.15, 0.2) is 0 Å². The van der Waals surface area contributed by atoms with Crippen LogP contribution >= 0.6 is 0 Å². The second kappa shape index (κ2) is 5.28. The molecule has 4 atom stereocenters. The maximum atomic E-state index is 12.5. The van der Waals surface area contributed by atoms with Crippen LogP contribution in [0.5, 0.6) is 0 Å². The number of carbonyl (C=O) groups excluding carboxylic acids is 3. The van der Waals surface area contributed by atoms with E-state index >= 15 is 0 Å². The highest BCUT2D eigenvalue weighted by Crippen LogP contribution is 2.31. The Balaban J connectivity index is 2.10. The second-order valence-electron chi connectivity index (χ2n) is 5.71. The SMILES string of the molecule is CC1CC(N)CCC1C(=O)N1CC(=O)NC(=O)C1C.